The molecule has 1 heterocycles. The molecule has 1 N–H and O–H groups in total. The molecule has 1 atom stereocenters. The second-order valence-electron chi connectivity index (χ2n) is 6.00. The molecule has 0 radical (unpaired) electrons. The summed E-state index contributed by atoms with van der Waals surface area (Å²) in [6.07, 6.45) is 3.82. The lowest BCUT2D eigenvalue weighted by Crippen LogP contribution is -2.35. The zero-order chi connectivity index (χ0) is 14.7. The molecule has 1 aliphatic heterocycles. The minimum atomic E-state index is -0.710. The number of carboxylic acids is 1. The zero-order valence-electron chi connectivity index (χ0n) is 12.8. The third-order valence-electron chi connectivity index (χ3n) is 4.44. The van der Waals surface area contributed by atoms with E-state index in [4.69, 9.17) is 0 Å². The van der Waals surface area contributed by atoms with E-state index in [9.17, 15) is 9.90 Å². The molecule has 0 amide bonds. The van der Waals surface area contributed by atoms with Gasteiger partial charge in [-0.05, 0) is 69.0 Å². The molecule has 1 saturated heterocycles. The summed E-state index contributed by atoms with van der Waals surface area (Å²) < 4.78 is 0. The van der Waals surface area contributed by atoms with Gasteiger partial charge in [0.2, 0.25) is 0 Å². The van der Waals surface area contributed by atoms with E-state index in [-0.39, 0.29) is 12.5 Å². The predicted octanol–water partition coefficient (Wildman–Crippen LogP) is 3.61. The fraction of sp³-hybridized carbons (Fsp3) is 0.588. The number of likely N-dealkylation sites (tertiary alicyclic amines) is 1. The first-order valence-electron chi connectivity index (χ1n) is 7.52. The van der Waals surface area contributed by atoms with Gasteiger partial charge in [0, 0.05) is 6.04 Å². The molecule has 110 valence electrons. The lowest BCUT2D eigenvalue weighted by Gasteiger charge is -2.35. The molecule has 1 aromatic carbocycles. The monoisotopic (exact) mass is 275 g/mol. The molecule has 1 unspecified atom stereocenters. The van der Waals surface area contributed by atoms with Crippen LogP contribution in [0.1, 0.15) is 54.0 Å². The van der Waals surface area contributed by atoms with Gasteiger partial charge in [-0.1, -0.05) is 18.6 Å². The summed E-state index contributed by atoms with van der Waals surface area (Å²) in [5.41, 5.74) is 4.93. The van der Waals surface area contributed by atoms with E-state index in [1.54, 1.807) is 0 Å². The molecule has 0 spiro atoms. The standard InChI is InChI=1S/C17H25NO2/c1-12-9-14(3)15(10-13(12)2)16(11-17(19)20)18-7-5-4-6-8-18/h9-10,16H,4-8,11H2,1-3H3,(H,19,20). The highest BCUT2D eigenvalue weighted by atomic mass is 16.4. The van der Waals surface area contributed by atoms with Crippen LogP contribution in [0.3, 0.4) is 0 Å². The van der Waals surface area contributed by atoms with Crippen molar-refractivity contribution < 1.29 is 9.90 Å². The molecule has 3 nitrogen and oxygen atoms in total. The zero-order valence-corrected chi connectivity index (χ0v) is 12.8. The predicted molar refractivity (Wildman–Crippen MR) is 81.1 cm³/mol. The number of aryl methyl sites for hydroxylation is 3. The molecule has 0 bridgehead atoms. The van der Waals surface area contributed by atoms with Gasteiger partial charge in [-0.25, -0.2) is 0 Å². The number of hydrogen-bond acceptors (Lipinski definition) is 2. The Labute approximate surface area is 121 Å². The maximum absolute atomic E-state index is 11.3. The average Bonchev–Trinajstić information content (AvgIpc) is 2.41. The van der Waals surface area contributed by atoms with Gasteiger partial charge in [0.15, 0.2) is 0 Å². The number of rotatable bonds is 4. The molecule has 1 aliphatic rings. The maximum atomic E-state index is 11.3. The van der Waals surface area contributed by atoms with Crippen molar-refractivity contribution in [1.82, 2.24) is 4.90 Å². The Bertz CT molecular complexity index is 490. The molecule has 0 saturated carbocycles. The van der Waals surface area contributed by atoms with Crippen LogP contribution in [0.5, 0.6) is 0 Å². The van der Waals surface area contributed by atoms with Crippen LogP contribution >= 0.6 is 0 Å². The average molecular weight is 275 g/mol. The quantitative estimate of drug-likeness (QED) is 0.912. The van der Waals surface area contributed by atoms with Crippen molar-refractivity contribution in [3.8, 4) is 0 Å². The fourth-order valence-corrected chi connectivity index (χ4v) is 3.17. The van der Waals surface area contributed by atoms with Gasteiger partial charge in [-0.3, -0.25) is 9.69 Å². The molecule has 2 rings (SSSR count). The first-order valence-corrected chi connectivity index (χ1v) is 7.52. The van der Waals surface area contributed by atoms with Crippen LogP contribution in [-0.2, 0) is 4.79 Å². The van der Waals surface area contributed by atoms with Crippen LogP contribution in [0.4, 0.5) is 0 Å². The normalized spacial score (nSPS) is 17.9. The molecule has 20 heavy (non-hydrogen) atoms. The topological polar surface area (TPSA) is 40.5 Å². The largest absolute Gasteiger partial charge is 0.481 e. The first kappa shape index (κ1) is 15.0. The van der Waals surface area contributed by atoms with E-state index in [0.29, 0.717) is 0 Å². The number of carboxylic acid groups (broad SMARTS) is 1. The molecule has 1 aromatic rings. The van der Waals surface area contributed by atoms with Crippen molar-refractivity contribution in [3.05, 3.63) is 34.4 Å². The van der Waals surface area contributed by atoms with Crippen molar-refractivity contribution >= 4 is 5.97 Å². The Balaban J connectivity index is 2.34. The number of carbonyl (C=O) groups is 1. The third kappa shape index (κ3) is 3.40. The summed E-state index contributed by atoms with van der Waals surface area (Å²) in [6, 6.07) is 4.39. The third-order valence-corrected chi connectivity index (χ3v) is 4.44. The van der Waals surface area contributed by atoms with E-state index in [1.807, 2.05) is 0 Å². The molecular formula is C17H25NO2. The first-order chi connectivity index (χ1) is 9.49. The van der Waals surface area contributed by atoms with Gasteiger partial charge in [0.1, 0.15) is 0 Å². The highest BCUT2D eigenvalue weighted by Crippen LogP contribution is 2.31. The van der Waals surface area contributed by atoms with Gasteiger partial charge in [-0.2, -0.15) is 0 Å². The summed E-state index contributed by atoms with van der Waals surface area (Å²) in [4.78, 5) is 13.6. The van der Waals surface area contributed by atoms with Crippen molar-refractivity contribution in [3.63, 3.8) is 0 Å². The summed E-state index contributed by atoms with van der Waals surface area (Å²) >= 11 is 0. The van der Waals surface area contributed by atoms with E-state index in [1.165, 1.54) is 41.5 Å². The second-order valence-corrected chi connectivity index (χ2v) is 6.00. The smallest absolute Gasteiger partial charge is 0.305 e. The summed E-state index contributed by atoms with van der Waals surface area (Å²) in [5, 5.41) is 9.26. The van der Waals surface area contributed by atoms with Gasteiger partial charge in [0.05, 0.1) is 6.42 Å². The van der Waals surface area contributed by atoms with Crippen LogP contribution in [0.15, 0.2) is 12.1 Å². The number of benzene rings is 1. The Morgan fingerprint density at radius 1 is 1.10 bits per heavy atom. The van der Waals surface area contributed by atoms with E-state index in [2.05, 4.69) is 37.8 Å². The number of hydrogen-bond donors (Lipinski definition) is 1. The second kappa shape index (κ2) is 6.40. The van der Waals surface area contributed by atoms with Crippen LogP contribution in [0.25, 0.3) is 0 Å². The Kier molecular flexibility index (Phi) is 4.81. The van der Waals surface area contributed by atoms with Crippen molar-refractivity contribution in [1.29, 1.82) is 0 Å². The van der Waals surface area contributed by atoms with Gasteiger partial charge < -0.3 is 5.11 Å². The molecular weight excluding hydrogens is 250 g/mol. The summed E-state index contributed by atoms with van der Waals surface area (Å²) in [5.74, 6) is -0.710. The number of nitrogens with zero attached hydrogens (tertiary/aromatic N) is 1. The lowest BCUT2D eigenvalue weighted by atomic mass is 9.92. The Morgan fingerprint density at radius 2 is 1.70 bits per heavy atom. The van der Waals surface area contributed by atoms with E-state index in [0.717, 1.165) is 13.1 Å². The van der Waals surface area contributed by atoms with Crippen molar-refractivity contribution in [2.24, 2.45) is 0 Å². The van der Waals surface area contributed by atoms with Crippen LogP contribution in [0.2, 0.25) is 0 Å². The molecule has 3 heteroatoms. The Hall–Kier alpha value is -1.35. The highest BCUT2D eigenvalue weighted by Gasteiger charge is 2.26. The van der Waals surface area contributed by atoms with E-state index >= 15 is 0 Å². The summed E-state index contributed by atoms with van der Waals surface area (Å²) in [6.45, 7) is 8.35. The van der Waals surface area contributed by atoms with Crippen LogP contribution in [0, 0.1) is 20.8 Å². The minimum Gasteiger partial charge on any atom is -0.481 e. The SMILES string of the molecule is Cc1cc(C)c(C(CC(=O)O)N2CCCCC2)cc1C. The highest BCUT2D eigenvalue weighted by molar-refractivity contribution is 5.68. The fourth-order valence-electron chi connectivity index (χ4n) is 3.17. The van der Waals surface area contributed by atoms with E-state index < -0.39 is 5.97 Å². The van der Waals surface area contributed by atoms with Crippen molar-refractivity contribution in [2.45, 2.75) is 52.5 Å². The number of piperidine rings is 1. The van der Waals surface area contributed by atoms with Gasteiger partial charge >= 0.3 is 5.97 Å². The van der Waals surface area contributed by atoms with Gasteiger partial charge in [0.25, 0.3) is 0 Å². The van der Waals surface area contributed by atoms with Crippen LogP contribution in [-0.4, -0.2) is 29.1 Å². The minimum absolute atomic E-state index is 0.0205. The maximum Gasteiger partial charge on any atom is 0.305 e. The van der Waals surface area contributed by atoms with Crippen molar-refractivity contribution in [2.75, 3.05) is 13.1 Å². The molecule has 1 fully saturated rings. The Morgan fingerprint density at radius 3 is 2.30 bits per heavy atom. The van der Waals surface area contributed by atoms with Gasteiger partial charge in [-0.15, -0.1) is 0 Å². The molecule has 0 aromatic heterocycles. The summed E-state index contributed by atoms with van der Waals surface area (Å²) in [7, 11) is 0. The number of aliphatic carboxylic acids is 1. The lowest BCUT2D eigenvalue weighted by molar-refractivity contribution is -0.138. The molecule has 0 aliphatic carbocycles. The van der Waals surface area contributed by atoms with Crippen LogP contribution < -0.4 is 0 Å².